The van der Waals surface area contributed by atoms with E-state index in [2.05, 4.69) is 25.1 Å². The maximum atomic E-state index is 5.91. The Labute approximate surface area is 115 Å². The molecule has 0 atom stereocenters. The first-order chi connectivity index (χ1) is 8.18. The Balaban J connectivity index is 2.54. The van der Waals surface area contributed by atoms with Gasteiger partial charge in [-0.3, -0.25) is 0 Å². The van der Waals surface area contributed by atoms with Gasteiger partial charge in [0.05, 0.1) is 0 Å². The van der Waals surface area contributed by atoms with Gasteiger partial charge in [0.1, 0.15) is 0 Å². The van der Waals surface area contributed by atoms with E-state index in [-0.39, 0.29) is 0 Å². The molecule has 0 saturated heterocycles. The fraction of sp³-hybridized carbons (Fsp3) is 0. The number of halogens is 2. The van der Waals surface area contributed by atoms with Crippen LogP contribution in [0.25, 0.3) is 11.1 Å². The summed E-state index contributed by atoms with van der Waals surface area (Å²) in [4.78, 5) is 0. The van der Waals surface area contributed by atoms with Crippen LogP contribution in [0.1, 0.15) is 11.1 Å². The first-order valence-electron chi connectivity index (χ1n) is 5.02. The quantitative estimate of drug-likeness (QED) is 0.548. The zero-order valence-corrected chi connectivity index (χ0v) is 12.3. The predicted octanol–water partition coefficient (Wildman–Crippen LogP) is 4.61. The fourth-order valence-electron chi connectivity index (χ4n) is 1.67. The van der Waals surface area contributed by atoms with E-state index in [1.54, 1.807) is 0 Å². The molecule has 0 nitrogen and oxygen atoms in total. The number of rotatable bonds is 2. The van der Waals surface area contributed by atoms with Crippen LogP contribution in [0, 0.1) is 6.92 Å². The van der Waals surface area contributed by atoms with E-state index in [4.69, 9.17) is 19.4 Å². The van der Waals surface area contributed by atoms with Crippen LogP contribution in [0.5, 0.6) is 0 Å². The van der Waals surface area contributed by atoms with Crippen molar-refractivity contribution in [1.82, 2.24) is 0 Å². The van der Waals surface area contributed by atoms with Gasteiger partial charge in [0.25, 0.3) is 0 Å². The summed E-state index contributed by atoms with van der Waals surface area (Å²) in [7, 11) is 11.8. The number of hydrogen-bond acceptors (Lipinski definition) is 0. The van der Waals surface area contributed by atoms with E-state index < -0.39 is 13.5 Å². The van der Waals surface area contributed by atoms with Crippen LogP contribution in [-0.4, -0.2) is 4.61 Å². The number of benzene rings is 2. The molecule has 0 spiro atoms. The van der Waals surface area contributed by atoms with Crippen molar-refractivity contribution in [2.45, 2.75) is 0 Å². The third-order valence-electron chi connectivity index (χ3n) is 2.48. The molecule has 0 aliphatic carbocycles. The molecule has 0 radical (unpaired) electrons. The second-order valence-electron chi connectivity index (χ2n) is 3.55. The average Bonchev–Trinajstić information content (AvgIpc) is 2.32. The topological polar surface area (TPSA) is 0 Å². The van der Waals surface area contributed by atoms with Crippen molar-refractivity contribution in [1.29, 1.82) is 0 Å². The zero-order valence-electron chi connectivity index (χ0n) is 9.01. The minimum atomic E-state index is -1.80. The van der Waals surface area contributed by atoms with Crippen molar-refractivity contribution in [2.75, 3.05) is 0 Å². The molecule has 2 aromatic carbocycles. The van der Waals surface area contributed by atoms with Gasteiger partial charge in [-0.05, 0) is 0 Å². The van der Waals surface area contributed by atoms with Crippen molar-refractivity contribution < 1.29 is 13.5 Å². The SMILES string of the molecule is [CH2+]c1c([CH]=[Ru]([Cl])[Cl])cccc1-c1ccccc1. The van der Waals surface area contributed by atoms with Gasteiger partial charge in [-0.2, -0.15) is 0 Å². The fourth-order valence-corrected chi connectivity index (χ4v) is 3.53. The minimum absolute atomic E-state index is 0.985. The summed E-state index contributed by atoms with van der Waals surface area (Å²) in [6.45, 7) is 4.12. The van der Waals surface area contributed by atoms with Gasteiger partial charge in [0.15, 0.2) is 0 Å². The molecule has 0 fully saturated rings. The molecule has 88 valence electrons. The van der Waals surface area contributed by atoms with Crippen LogP contribution in [-0.2, 0) is 13.5 Å². The van der Waals surface area contributed by atoms with Crippen molar-refractivity contribution in [3.8, 4) is 11.1 Å². The van der Waals surface area contributed by atoms with Gasteiger partial charge < -0.3 is 0 Å². The molecule has 0 saturated carbocycles. The summed E-state index contributed by atoms with van der Waals surface area (Å²) in [6.07, 6.45) is 0. The first kappa shape index (κ1) is 12.8. The molecule has 2 rings (SSSR count). The zero-order chi connectivity index (χ0) is 12.3. The molecule has 2 aromatic rings. The molecular formula is C14H11Cl2Ru+. The van der Waals surface area contributed by atoms with Gasteiger partial charge in [0.2, 0.25) is 0 Å². The van der Waals surface area contributed by atoms with E-state index >= 15 is 0 Å². The molecule has 0 N–H and O–H groups in total. The first-order valence-corrected chi connectivity index (χ1v) is 10.5. The monoisotopic (exact) mass is 351 g/mol. The Morgan fingerprint density at radius 1 is 0.941 bits per heavy atom. The van der Waals surface area contributed by atoms with Crippen LogP contribution in [0.4, 0.5) is 0 Å². The molecule has 0 aliphatic heterocycles. The standard InChI is InChI=1S/C14H11.2ClH.Ru/c1-11-7-6-10-14(12(11)2)13-8-4-3-5-9-13;;;/h1,3-10H,2H2;2*1H;/q+1;;;+2/p-2. The van der Waals surface area contributed by atoms with Crippen LogP contribution in [0.2, 0.25) is 0 Å². The Kier molecular flexibility index (Phi) is 4.39. The molecule has 17 heavy (non-hydrogen) atoms. The van der Waals surface area contributed by atoms with Gasteiger partial charge in [-0.1, -0.05) is 0 Å². The van der Waals surface area contributed by atoms with Crippen LogP contribution in [0.15, 0.2) is 48.5 Å². The van der Waals surface area contributed by atoms with Gasteiger partial charge >= 0.3 is 115 Å². The van der Waals surface area contributed by atoms with E-state index in [1.807, 2.05) is 34.9 Å². The van der Waals surface area contributed by atoms with Crippen molar-refractivity contribution in [3.63, 3.8) is 0 Å². The van der Waals surface area contributed by atoms with Crippen LogP contribution < -0.4 is 0 Å². The normalized spacial score (nSPS) is 11.1. The Hall–Kier alpha value is -0.617. The summed E-state index contributed by atoms with van der Waals surface area (Å²) in [5.41, 5.74) is 4.31. The number of hydrogen-bond donors (Lipinski definition) is 0. The summed E-state index contributed by atoms with van der Waals surface area (Å²) in [5, 5.41) is 0. The third kappa shape index (κ3) is 3.19. The summed E-state index contributed by atoms with van der Waals surface area (Å²) >= 11 is -1.80. The van der Waals surface area contributed by atoms with E-state index in [9.17, 15) is 0 Å². The molecule has 0 bridgehead atoms. The Bertz CT molecular complexity index is 543. The van der Waals surface area contributed by atoms with Crippen LogP contribution in [0.3, 0.4) is 0 Å². The molecule has 0 amide bonds. The maximum absolute atomic E-state index is 5.91. The van der Waals surface area contributed by atoms with Gasteiger partial charge in [-0.25, -0.2) is 0 Å². The van der Waals surface area contributed by atoms with E-state index in [1.165, 1.54) is 0 Å². The molecule has 0 heterocycles. The Morgan fingerprint density at radius 3 is 2.29 bits per heavy atom. The Morgan fingerprint density at radius 2 is 1.65 bits per heavy atom. The average molecular weight is 351 g/mol. The second-order valence-corrected chi connectivity index (χ2v) is 9.27. The molecule has 3 heteroatoms. The van der Waals surface area contributed by atoms with E-state index in [0.29, 0.717) is 0 Å². The molecular weight excluding hydrogens is 340 g/mol. The summed E-state index contributed by atoms with van der Waals surface area (Å²) < 4.78 is 1.93. The van der Waals surface area contributed by atoms with E-state index in [0.717, 1.165) is 22.3 Å². The summed E-state index contributed by atoms with van der Waals surface area (Å²) in [5.74, 6) is 0. The molecule has 0 aromatic heterocycles. The predicted molar refractivity (Wildman–Crippen MR) is 73.2 cm³/mol. The second kappa shape index (κ2) is 5.82. The van der Waals surface area contributed by atoms with Crippen molar-refractivity contribution in [3.05, 3.63) is 66.6 Å². The van der Waals surface area contributed by atoms with Gasteiger partial charge in [-0.15, -0.1) is 0 Å². The summed E-state index contributed by atoms with van der Waals surface area (Å²) in [6, 6.07) is 16.3. The van der Waals surface area contributed by atoms with Gasteiger partial charge in [0, 0.05) is 0 Å². The molecule has 0 aliphatic rings. The third-order valence-corrected chi connectivity index (χ3v) is 4.32. The van der Waals surface area contributed by atoms with Crippen LogP contribution >= 0.6 is 19.4 Å². The van der Waals surface area contributed by atoms with Crippen molar-refractivity contribution >= 4 is 24.0 Å². The van der Waals surface area contributed by atoms with Crippen molar-refractivity contribution in [2.24, 2.45) is 0 Å². The molecule has 0 unspecified atom stereocenters.